The van der Waals surface area contributed by atoms with Crippen molar-refractivity contribution in [2.45, 2.75) is 124 Å². The number of carbonyl (C=O) groups excluding carboxylic acids is 2. The summed E-state index contributed by atoms with van der Waals surface area (Å²) in [6.45, 7) is 13.8. The Balaban J connectivity index is 0.000000194. The highest BCUT2D eigenvalue weighted by molar-refractivity contribution is 7.16. The van der Waals surface area contributed by atoms with E-state index in [-0.39, 0.29) is 11.8 Å². The molecule has 2 aliphatic rings. The Morgan fingerprint density at radius 3 is 1.48 bits per heavy atom. The second-order valence-corrected chi connectivity index (χ2v) is 19.4. The SMILES string of the molecule is CC(C)(C)C(=O)n1nc(C2CCCCC2)cc1CCc1ccc(Cl)s1.CC(C)(C)C(=O)n1nc(C2CCNCC2)cc1CCc1ccc(Cl)s1. The molecule has 6 rings (SSSR count). The van der Waals surface area contributed by atoms with Crippen molar-refractivity contribution in [3.05, 3.63) is 77.6 Å². The van der Waals surface area contributed by atoms with Crippen molar-refractivity contribution < 1.29 is 9.59 Å². The molecule has 5 heterocycles. The van der Waals surface area contributed by atoms with Crippen LogP contribution in [-0.2, 0) is 25.7 Å². The van der Waals surface area contributed by atoms with E-state index in [9.17, 15) is 9.59 Å². The quantitative estimate of drug-likeness (QED) is 0.193. The fourth-order valence-corrected chi connectivity index (χ4v) is 8.79. The maximum atomic E-state index is 12.9. The Kier molecular flexibility index (Phi) is 13.2. The lowest BCUT2D eigenvalue weighted by molar-refractivity contribution is 0.0738. The molecule has 4 aromatic heterocycles. The van der Waals surface area contributed by atoms with Gasteiger partial charge in [0, 0.05) is 43.8 Å². The van der Waals surface area contributed by atoms with Gasteiger partial charge in [-0.05, 0) is 101 Å². The lowest BCUT2D eigenvalue weighted by Crippen LogP contribution is -2.30. The molecule has 272 valence electrons. The minimum absolute atomic E-state index is 0.0619. The predicted octanol–water partition coefficient (Wildman–Crippen LogP) is 10.7. The summed E-state index contributed by atoms with van der Waals surface area (Å²) in [5, 5.41) is 12.9. The third-order valence-corrected chi connectivity index (χ3v) is 12.1. The molecule has 0 spiro atoms. The van der Waals surface area contributed by atoms with Gasteiger partial charge >= 0.3 is 0 Å². The van der Waals surface area contributed by atoms with Crippen LogP contribution in [0.2, 0.25) is 8.67 Å². The van der Waals surface area contributed by atoms with Crippen molar-refractivity contribution >= 4 is 57.7 Å². The summed E-state index contributed by atoms with van der Waals surface area (Å²) in [5.41, 5.74) is 3.34. The molecule has 1 saturated heterocycles. The number of carbonyl (C=O) groups is 2. The van der Waals surface area contributed by atoms with E-state index in [1.165, 1.54) is 41.9 Å². The van der Waals surface area contributed by atoms with Crippen molar-refractivity contribution in [1.82, 2.24) is 24.9 Å². The first-order chi connectivity index (χ1) is 23.7. The van der Waals surface area contributed by atoms with Crippen LogP contribution in [0.4, 0.5) is 0 Å². The summed E-state index contributed by atoms with van der Waals surface area (Å²) in [5.74, 6) is 1.10. The first-order valence-electron chi connectivity index (χ1n) is 18.2. The molecule has 0 aromatic carbocycles. The third-order valence-electron chi connectivity index (χ3n) is 9.57. The van der Waals surface area contributed by atoms with Crippen LogP contribution >= 0.6 is 45.9 Å². The Morgan fingerprint density at radius 2 is 1.10 bits per heavy atom. The Hall–Kier alpha value is -2.30. The molecule has 1 aliphatic carbocycles. The van der Waals surface area contributed by atoms with Gasteiger partial charge in [-0.25, -0.2) is 9.36 Å². The number of rotatable bonds is 8. The van der Waals surface area contributed by atoms with Crippen LogP contribution in [0.3, 0.4) is 0 Å². The summed E-state index contributed by atoms with van der Waals surface area (Å²) in [6, 6.07) is 12.3. The topological polar surface area (TPSA) is 81.8 Å². The van der Waals surface area contributed by atoms with Crippen molar-refractivity contribution in [3.8, 4) is 0 Å². The lowest BCUT2D eigenvalue weighted by atomic mass is 9.87. The van der Waals surface area contributed by atoms with E-state index < -0.39 is 10.8 Å². The average Bonchev–Trinajstić information content (AvgIpc) is 3.89. The number of thiophene rings is 2. The van der Waals surface area contributed by atoms with Crippen LogP contribution in [-0.4, -0.2) is 44.5 Å². The lowest BCUT2D eigenvalue weighted by Gasteiger charge is -2.21. The minimum Gasteiger partial charge on any atom is -0.317 e. The number of halogens is 2. The normalized spacial score (nSPS) is 16.3. The third kappa shape index (κ3) is 10.4. The monoisotopic (exact) mass is 757 g/mol. The molecule has 2 fully saturated rings. The summed E-state index contributed by atoms with van der Waals surface area (Å²) in [4.78, 5) is 28.2. The number of nitrogens with one attached hydrogen (secondary N) is 1. The maximum Gasteiger partial charge on any atom is 0.252 e. The summed E-state index contributed by atoms with van der Waals surface area (Å²) in [7, 11) is 0. The van der Waals surface area contributed by atoms with E-state index in [2.05, 4.69) is 29.6 Å². The van der Waals surface area contributed by atoms with E-state index in [4.69, 9.17) is 33.4 Å². The molecular weight excluding hydrogens is 706 g/mol. The van der Waals surface area contributed by atoms with Gasteiger partial charge in [-0.3, -0.25) is 9.59 Å². The second kappa shape index (κ2) is 17.0. The molecule has 0 radical (unpaired) electrons. The van der Waals surface area contributed by atoms with Crippen LogP contribution < -0.4 is 5.32 Å². The van der Waals surface area contributed by atoms with Crippen LogP contribution in [0.15, 0.2) is 36.4 Å². The molecular formula is C39H53Cl2N5O2S2. The molecule has 1 saturated carbocycles. The van der Waals surface area contributed by atoms with Crippen LogP contribution in [0.25, 0.3) is 0 Å². The number of aromatic nitrogens is 4. The van der Waals surface area contributed by atoms with Gasteiger partial charge in [-0.15, -0.1) is 22.7 Å². The van der Waals surface area contributed by atoms with Gasteiger partial charge in [0.25, 0.3) is 11.8 Å². The second-order valence-electron chi connectivity index (χ2n) is 15.8. The zero-order valence-corrected chi connectivity index (χ0v) is 33.6. The van der Waals surface area contributed by atoms with E-state index in [0.29, 0.717) is 11.8 Å². The van der Waals surface area contributed by atoms with Gasteiger partial charge in [-0.2, -0.15) is 10.2 Å². The van der Waals surface area contributed by atoms with Gasteiger partial charge < -0.3 is 5.32 Å². The van der Waals surface area contributed by atoms with E-state index in [0.717, 1.165) is 83.1 Å². The molecule has 11 heteroatoms. The zero-order chi connectivity index (χ0) is 36.1. The van der Waals surface area contributed by atoms with Gasteiger partial charge in [0.1, 0.15) is 0 Å². The van der Waals surface area contributed by atoms with Crippen LogP contribution in [0.5, 0.6) is 0 Å². The van der Waals surface area contributed by atoms with Crippen molar-refractivity contribution in [1.29, 1.82) is 0 Å². The van der Waals surface area contributed by atoms with Crippen molar-refractivity contribution in [2.75, 3.05) is 13.1 Å². The highest BCUT2D eigenvalue weighted by Gasteiger charge is 2.30. The fourth-order valence-electron chi connectivity index (χ4n) is 6.61. The molecule has 50 heavy (non-hydrogen) atoms. The molecule has 1 N–H and O–H groups in total. The molecule has 0 atom stereocenters. The summed E-state index contributed by atoms with van der Waals surface area (Å²) >= 11 is 15.3. The summed E-state index contributed by atoms with van der Waals surface area (Å²) < 4.78 is 4.97. The van der Waals surface area contributed by atoms with Crippen molar-refractivity contribution in [2.24, 2.45) is 10.8 Å². The maximum absolute atomic E-state index is 12.9. The number of hydrogen-bond acceptors (Lipinski definition) is 7. The van der Waals surface area contributed by atoms with E-state index >= 15 is 0 Å². The fraction of sp³-hybridized carbons (Fsp3) is 0.590. The van der Waals surface area contributed by atoms with E-state index in [1.807, 2.05) is 53.7 Å². The minimum atomic E-state index is -0.446. The molecule has 7 nitrogen and oxygen atoms in total. The Bertz CT molecular complexity index is 1600. The summed E-state index contributed by atoms with van der Waals surface area (Å²) in [6.07, 6.45) is 11.8. The molecule has 0 amide bonds. The predicted molar refractivity (Wildman–Crippen MR) is 209 cm³/mol. The van der Waals surface area contributed by atoms with Crippen LogP contribution in [0, 0.1) is 10.8 Å². The largest absolute Gasteiger partial charge is 0.317 e. The molecule has 4 aromatic rings. The smallest absolute Gasteiger partial charge is 0.252 e. The Morgan fingerprint density at radius 1 is 0.680 bits per heavy atom. The average molecular weight is 759 g/mol. The molecule has 0 bridgehead atoms. The first-order valence-corrected chi connectivity index (χ1v) is 20.5. The Labute approximate surface area is 316 Å². The number of nitrogens with zero attached hydrogens (tertiary/aromatic N) is 4. The number of hydrogen-bond donors (Lipinski definition) is 1. The molecule has 1 aliphatic heterocycles. The van der Waals surface area contributed by atoms with Gasteiger partial charge in [-0.1, -0.05) is 84.0 Å². The molecule has 0 unspecified atom stereocenters. The van der Waals surface area contributed by atoms with Gasteiger partial charge in [0.2, 0.25) is 0 Å². The van der Waals surface area contributed by atoms with E-state index in [1.54, 1.807) is 32.0 Å². The van der Waals surface area contributed by atoms with Crippen LogP contribution in [0.1, 0.15) is 140 Å². The van der Waals surface area contributed by atoms with Gasteiger partial charge in [0.15, 0.2) is 0 Å². The highest BCUT2D eigenvalue weighted by Crippen LogP contribution is 2.34. The van der Waals surface area contributed by atoms with Crippen molar-refractivity contribution in [3.63, 3.8) is 0 Å². The zero-order valence-electron chi connectivity index (χ0n) is 30.5. The highest BCUT2D eigenvalue weighted by atomic mass is 35.5. The van der Waals surface area contributed by atoms with Gasteiger partial charge in [0.05, 0.1) is 20.1 Å². The first kappa shape index (κ1) is 38.9. The standard InChI is InChI=1S/C20H27ClN2OS.C19H26ClN3OS/c1-20(2,3)19(24)23-15(9-10-16-11-12-18(21)25-16)13-17(22-23)14-7-5-4-6-8-14;1-19(2,3)18(24)23-14(4-5-15-6-7-17(20)25-15)12-16(22-23)13-8-10-21-11-9-13/h11-14H,4-10H2,1-3H3;6-7,12-13,21H,4-5,8-11H2,1-3H3. The number of aryl methyl sites for hydroxylation is 4. The number of piperidine rings is 1.